The Bertz CT molecular complexity index is 575. The predicted molar refractivity (Wildman–Crippen MR) is 78.3 cm³/mol. The minimum absolute atomic E-state index is 0.186. The number of carbonyl (C=O) groups excluding carboxylic acids is 1. The second-order valence-corrected chi connectivity index (χ2v) is 4.94. The summed E-state index contributed by atoms with van der Waals surface area (Å²) in [6.45, 7) is 5.72. The number of imidazole rings is 1. The molecule has 1 heterocycles. The standard InChI is InChI=1S/C16H23N2O2/c1-3-5-8-11-17-13-18(12-16(19)20-4-2)15-10-7-6-9-14(15)17/h6-7,9-10,13H,3-5,8,11-12H2,1-2H3/q+1. The molecule has 4 heteroatoms. The van der Waals surface area contributed by atoms with Crippen LogP contribution in [0.5, 0.6) is 0 Å². The number of unbranched alkanes of at least 4 members (excludes halogenated alkanes) is 2. The van der Waals surface area contributed by atoms with Crippen LogP contribution in [0.2, 0.25) is 0 Å². The van der Waals surface area contributed by atoms with E-state index in [9.17, 15) is 4.79 Å². The molecule has 1 aromatic heterocycles. The van der Waals surface area contributed by atoms with Gasteiger partial charge in [-0.25, -0.2) is 13.9 Å². The monoisotopic (exact) mass is 275 g/mol. The van der Waals surface area contributed by atoms with Gasteiger partial charge in [0.05, 0.1) is 13.2 Å². The summed E-state index contributed by atoms with van der Waals surface area (Å²) in [6, 6.07) is 8.18. The fraction of sp³-hybridized carbons (Fsp3) is 0.500. The Morgan fingerprint density at radius 1 is 1.25 bits per heavy atom. The van der Waals surface area contributed by atoms with Gasteiger partial charge < -0.3 is 4.74 Å². The van der Waals surface area contributed by atoms with Crippen molar-refractivity contribution in [2.45, 2.75) is 46.2 Å². The molecule has 1 aromatic carbocycles. The smallest absolute Gasteiger partial charge is 0.348 e. The Balaban J connectivity index is 2.23. The lowest BCUT2D eigenvalue weighted by Gasteiger charge is -1.98. The van der Waals surface area contributed by atoms with Crippen LogP contribution in [0.3, 0.4) is 0 Å². The number of hydrogen-bond acceptors (Lipinski definition) is 2. The Morgan fingerprint density at radius 3 is 2.80 bits per heavy atom. The highest BCUT2D eigenvalue weighted by Gasteiger charge is 2.17. The number of nitrogens with zero attached hydrogens (tertiary/aromatic N) is 2. The van der Waals surface area contributed by atoms with Crippen molar-refractivity contribution in [3.05, 3.63) is 30.6 Å². The zero-order chi connectivity index (χ0) is 14.4. The molecule has 0 unspecified atom stereocenters. The Kier molecular flexibility index (Phi) is 5.16. The first kappa shape index (κ1) is 14.6. The van der Waals surface area contributed by atoms with E-state index in [4.69, 9.17) is 4.74 Å². The number of aryl methyl sites for hydroxylation is 1. The van der Waals surface area contributed by atoms with Crippen LogP contribution in [0.1, 0.15) is 33.1 Å². The molecule has 20 heavy (non-hydrogen) atoms. The summed E-state index contributed by atoms with van der Waals surface area (Å²) in [6.07, 6.45) is 5.62. The number of benzene rings is 1. The van der Waals surface area contributed by atoms with E-state index in [0.717, 1.165) is 18.5 Å². The van der Waals surface area contributed by atoms with Gasteiger partial charge in [0.25, 0.3) is 0 Å². The van der Waals surface area contributed by atoms with Gasteiger partial charge >= 0.3 is 5.97 Å². The lowest BCUT2D eigenvalue weighted by Crippen LogP contribution is -2.37. The number of ether oxygens (including phenoxy) is 1. The molecule has 0 aliphatic rings. The molecule has 0 N–H and O–H groups in total. The highest BCUT2D eigenvalue weighted by atomic mass is 16.5. The third-order valence-corrected chi connectivity index (χ3v) is 3.39. The molecule has 0 fully saturated rings. The van der Waals surface area contributed by atoms with E-state index in [1.807, 2.05) is 36.0 Å². The number of aromatic nitrogens is 2. The minimum atomic E-state index is -0.186. The van der Waals surface area contributed by atoms with Crippen molar-refractivity contribution in [3.63, 3.8) is 0 Å². The first-order valence-corrected chi connectivity index (χ1v) is 7.39. The van der Waals surface area contributed by atoms with Gasteiger partial charge in [0.2, 0.25) is 6.33 Å². The quantitative estimate of drug-likeness (QED) is 0.442. The predicted octanol–water partition coefficient (Wildman–Crippen LogP) is 2.68. The van der Waals surface area contributed by atoms with Crippen LogP contribution < -0.4 is 4.57 Å². The van der Waals surface area contributed by atoms with Crippen LogP contribution in [-0.2, 0) is 22.6 Å². The Morgan fingerprint density at radius 2 is 2.05 bits per heavy atom. The molecule has 0 aliphatic carbocycles. The largest absolute Gasteiger partial charge is 0.463 e. The Hall–Kier alpha value is -1.84. The van der Waals surface area contributed by atoms with E-state index < -0.39 is 0 Å². The van der Waals surface area contributed by atoms with Gasteiger partial charge in [0.1, 0.15) is 0 Å². The number of esters is 1. The van der Waals surface area contributed by atoms with Crippen molar-refractivity contribution in [2.24, 2.45) is 0 Å². The van der Waals surface area contributed by atoms with Crippen molar-refractivity contribution < 1.29 is 14.1 Å². The van der Waals surface area contributed by atoms with E-state index in [2.05, 4.69) is 17.6 Å². The molecule has 0 saturated heterocycles. The molecule has 2 aromatic rings. The first-order chi connectivity index (χ1) is 9.76. The van der Waals surface area contributed by atoms with Crippen molar-refractivity contribution in [2.75, 3.05) is 6.61 Å². The van der Waals surface area contributed by atoms with E-state index in [1.165, 1.54) is 18.4 Å². The van der Waals surface area contributed by atoms with Crippen LogP contribution in [0.25, 0.3) is 11.0 Å². The van der Waals surface area contributed by atoms with Gasteiger partial charge in [-0.15, -0.1) is 0 Å². The number of para-hydroxylation sites is 2. The lowest BCUT2D eigenvalue weighted by molar-refractivity contribution is -0.661. The number of carbonyl (C=O) groups is 1. The zero-order valence-electron chi connectivity index (χ0n) is 12.3. The molecule has 4 nitrogen and oxygen atoms in total. The second-order valence-electron chi connectivity index (χ2n) is 4.94. The maximum absolute atomic E-state index is 11.7. The van der Waals surface area contributed by atoms with E-state index >= 15 is 0 Å². The van der Waals surface area contributed by atoms with Crippen LogP contribution in [0.15, 0.2) is 30.6 Å². The summed E-state index contributed by atoms with van der Waals surface area (Å²) in [5, 5.41) is 0. The average Bonchev–Trinajstić information content (AvgIpc) is 2.78. The van der Waals surface area contributed by atoms with Crippen LogP contribution in [0.4, 0.5) is 0 Å². The van der Waals surface area contributed by atoms with Crippen molar-refractivity contribution >= 4 is 17.0 Å². The van der Waals surface area contributed by atoms with E-state index in [1.54, 1.807) is 0 Å². The van der Waals surface area contributed by atoms with Crippen LogP contribution >= 0.6 is 0 Å². The molecular weight excluding hydrogens is 252 g/mol. The van der Waals surface area contributed by atoms with Gasteiger partial charge in [-0.1, -0.05) is 25.5 Å². The summed E-state index contributed by atoms with van der Waals surface area (Å²) < 4.78 is 9.23. The Labute approximate surface area is 120 Å². The maximum Gasteiger partial charge on any atom is 0.348 e. The highest BCUT2D eigenvalue weighted by molar-refractivity contribution is 5.73. The topological polar surface area (TPSA) is 35.1 Å². The third-order valence-electron chi connectivity index (χ3n) is 3.39. The van der Waals surface area contributed by atoms with Crippen molar-refractivity contribution in [3.8, 4) is 0 Å². The average molecular weight is 275 g/mol. The zero-order valence-corrected chi connectivity index (χ0v) is 12.3. The third kappa shape index (κ3) is 3.38. The molecule has 0 amide bonds. The van der Waals surface area contributed by atoms with E-state index in [-0.39, 0.29) is 12.5 Å². The molecule has 0 radical (unpaired) electrons. The molecule has 0 atom stereocenters. The SMILES string of the molecule is CCCCCn1c[n+](CC(=O)OCC)c2ccccc21. The van der Waals surface area contributed by atoms with Gasteiger partial charge in [0, 0.05) is 0 Å². The second kappa shape index (κ2) is 7.08. The molecule has 0 aliphatic heterocycles. The summed E-state index contributed by atoms with van der Waals surface area (Å²) in [5.74, 6) is -0.186. The van der Waals surface area contributed by atoms with Gasteiger partial charge in [0.15, 0.2) is 17.6 Å². The first-order valence-electron chi connectivity index (χ1n) is 7.39. The maximum atomic E-state index is 11.7. The molecule has 0 bridgehead atoms. The molecule has 2 rings (SSSR count). The van der Waals surface area contributed by atoms with E-state index in [0.29, 0.717) is 6.61 Å². The van der Waals surface area contributed by atoms with Gasteiger partial charge in [-0.2, -0.15) is 0 Å². The summed E-state index contributed by atoms with van der Waals surface area (Å²) in [5.41, 5.74) is 2.25. The molecule has 0 spiro atoms. The molecular formula is C16H23N2O2+. The minimum Gasteiger partial charge on any atom is -0.463 e. The summed E-state index contributed by atoms with van der Waals surface area (Å²) >= 11 is 0. The van der Waals surface area contributed by atoms with Crippen LogP contribution in [-0.4, -0.2) is 17.1 Å². The summed E-state index contributed by atoms with van der Waals surface area (Å²) in [7, 11) is 0. The number of fused-ring (bicyclic) bond motifs is 1. The fourth-order valence-electron chi connectivity index (χ4n) is 2.42. The highest BCUT2D eigenvalue weighted by Crippen LogP contribution is 2.12. The number of hydrogen-bond donors (Lipinski definition) is 0. The summed E-state index contributed by atoms with van der Waals surface area (Å²) in [4.78, 5) is 11.7. The van der Waals surface area contributed by atoms with Crippen molar-refractivity contribution in [1.29, 1.82) is 0 Å². The molecule has 108 valence electrons. The van der Waals surface area contributed by atoms with Gasteiger partial charge in [-0.3, -0.25) is 0 Å². The van der Waals surface area contributed by atoms with Gasteiger partial charge in [-0.05, 0) is 31.9 Å². The normalized spacial score (nSPS) is 10.9. The van der Waals surface area contributed by atoms with Crippen LogP contribution in [0, 0.1) is 0 Å². The fourth-order valence-corrected chi connectivity index (χ4v) is 2.42. The molecule has 0 saturated carbocycles. The lowest BCUT2D eigenvalue weighted by atomic mass is 10.2. The van der Waals surface area contributed by atoms with Crippen molar-refractivity contribution in [1.82, 2.24) is 4.57 Å². The number of rotatable bonds is 7.